The lowest BCUT2D eigenvalue weighted by molar-refractivity contribution is 0.415. The molecule has 0 aliphatic rings. The summed E-state index contributed by atoms with van der Waals surface area (Å²) in [5, 5.41) is 3.33. The van der Waals surface area contributed by atoms with Gasteiger partial charge in [0.15, 0.2) is 0 Å². The van der Waals surface area contributed by atoms with Crippen LogP contribution in [0, 0.1) is 5.92 Å². The van der Waals surface area contributed by atoms with Gasteiger partial charge < -0.3 is 15.8 Å². The van der Waals surface area contributed by atoms with Gasteiger partial charge >= 0.3 is 0 Å². The quantitative estimate of drug-likeness (QED) is 0.731. The Morgan fingerprint density at radius 1 is 1.47 bits per heavy atom. The molecule has 1 aromatic carbocycles. The molecule has 0 radical (unpaired) electrons. The summed E-state index contributed by atoms with van der Waals surface area (Å²) in [5.41, 5.74) is 7.60. The van der Waals surface area contributed by atoms with E-state index in [1.807, 2.05) is 18.2 Å². The Balaban J connectivity index is 2.62. The van der Waals surface area contributed by atoms with Crippen LogP contribution in [0.25, 0.3) is 0 Å². The smallest absolute Gasteiger partial charge is 0.121 e. The Bertz CT molecular complexity index is 312. The molecule has 1 atom stereocenters. The number of rotatable bonds is 5. The first-order valence-electron chi connectivity index (χ1n) is 5.34. The van der Waals surface area contributed by atoms with Gasteiger partial charge in [0.1, 0.15) is 5.75 Å². The number of benzene rings is 1. The molecule has 3 heteroatoms. The zero-order chi connectivity index (χ0) is 11.3. The molecule has 1 aromatic rings. The molecule has 0 aliphatic carbocycles. The van der Waals surface area contributed by atoms with Gasteiger partial charge in [-0.15, -0.1) is 0 Å². The molecule has 0 aromatic heterocycles. The molecule has 84 valence electrons. The number of anilines is 2. The van der Waals surface area contributed by atoms with Crippen molar-refractivity contribution in [1.82, 2.24) is 0 Å². The third-order valence-electron chi connectivity index (χ3n) is 2.60. The largest absolute Gasteiger partial charge is 0.497 e. The summed E-state index contributed by atoms with van der Waals surface area (Å²) < 4.78 is 5.09. The Hall–Kier alpha value is -1.38. The number of methoxy groups -OCH3 is 1. The topological polar surface area (TPSA) is 47.3 Å². The monoisotopic (exact) mass is 208 g/mol. The van der Waals surface area contributed by atoms with Gasteiger partial charge in [-0.25, -0.2) is 0 Å². The van der Waals surface area contributed by atoms with Crippen molar-refractivity contribution in [2.75, 3.05) is 24.7 Å². The maximum absolute atomic E-state index is 5.88. The van der Waals surface area contributed by atoms with Gasteiger partial charge in [-0.1, -0.05) is 20.3 Å². The van der Waals surface area contributed by atoms with E-state index in [-0.39, 0.29) is 0 Å². The van der Waals surface area contributed by atoms with Gasteiger partial charge in [0.2, 0.25) is 0 Å². The standard InChI is InChI=1S/C12H20N2O/c1-4-9(2)8-14-12-6-5-10(15-3)7-11(12)13/h5-7,9,14H,4,8,13H2,1-3H3. The van der Waals surface area contributed by atoms with Crippen molar-refractivity contribution < 1.29 is 4.74 Å². The van der Waals surface area contributed by atoms with E-state index in [4.69, 9.17) is 10.5 Å². The van der Waals surface area contributed by atoms with Gasteiger partial charge in [0, 0.05) is 12.6 Å². The zero-order valence-electron chi connectivity index (χ0n) is 9.71. The molecule has 0 aliphatic heterocycles. The highest BCUT2D eigenvalue weighted by Gasteiger charge is 2.02. The molecule has 1 unspecified atom stereocenters. The van der Waals surface area contributed by atoms with Crippen LogP contribution in [0.2, 0.25) is 0 Å². The molecule has 0 fully saturated rings. The summed E-state index contributed by atoms with van der Waals surface area (Å²) in [6.07, 6.45) is 1.17. The summed E-state index contributed by atoms with van der Waals surface area (Å²) in [7, 11) is 1.64. The normalized spacial score (nSPS) is 12.2. The van der Waals surface area contributed by atoms with Crippen molar-refractivity contribution in [3.63, 3.8) is 0 Å². The van der Waals surface area contributed by atoms with Crippen LogP contribution in [0.4, 0.5) is 11.4 Å². The van der Waals surface area contributed by atoms with Crippen molar-refractivity contribution in [3.8, 4) is 5.75 Å². The van der Waals surface area contributed by atoms with Gasteiger partial charge in [-0.05, 0) is 18.1 Å². The molecule has 0 saturated heterocycles. The Labute approximate surface area is 91.6 Å². The molecule has 0 saturated carbocycles. The highest BCUT2D eigenvalue weighted by Crippen LogP contribution is 2.24. The first-order valence-corrected chi connectivity index (χ1v) is 5.34. The van der Waals surface area contributed by atoms with Crippen LogP contribution >= 0.6 is 0 Å². The number of nitrogens with two attached hydrogens (primary N) is 1. The Kier molecular flexibility index (Phi) is 4.28. The second-order valence-corrected chi connectivity index (χ2v) is 3.85. The fourth-order valence-corrected chi connectivity index (χ4v) is 1.26. The average molecular weight is 208 g/mol. The van der Waals surface area contributed by atoms with Crippen molar-refractivity contribution in [2.45, 2.75) is 20.3 Å². The lowest BCUT2D eigenvalue weighted by Gasteiger charge is -2.13. The summed E-state index contributed by atoms with van der Waals surface area (Å²) in [5.74, 6) is 1.45. The van der Waals surface area contributed by atoms with Crippen molar-refractivity contribution >= 4 is 11.4 Å². The number of nitrogens with one attached hydrogen (secondary N) is 1. The molecule has 3 N–H and O–H groups in total. The lowest BCUT2D eigenvalue weighted by Crippen LogP contribution is -2.11. The summed E-state index contributed by atoms with van der Waals surface area (Å²) >= 11 is 0. The van der Waals surface area contributed by atoms with Crippen LogP contribution in [0.3, 0.4) is 0 Å². The van der Waals surface area contributed by atoms with E-state index in [2.05, 4.69) is 19.2 Å². The SMILES string of the molecule is CCC(C)CNc1ccc(OC)cc1N. The predicted octanol–water partition coefficient (Wildman–Crippen LogP) is 2.74. The lowest BCUT2D eigenvalue weighted by atomic mass is 10.1. The van der Waals surface area contributed by atoms with Crippen LogP contribution in [0.5, 0.6) is 5.75 Å². The van der Waals surface area contributed by atoms with E-state index in [0.717, 1.165) is 23.7 Å². The van der Waals surface area contributed by atoms with E-state index in [1.165, 1.54) is 6.42 Å². The number of ether oxygens (including phenoxy) is 1. The van der Waals surface area contributed by atoms with Gasteiger partial charge in [0.05, 0.1) is 18.5 Å². The number of nitrogen functional groups attached to an aromatic ring is 1. The molecular formula is C12H20N2O. The van der Waals surface area contributed by atoms with Crippen molar-refractivity contribution in [3.05, 3.63) is 18.2 Å². The predicted molar refractivity (Wildman–Crippen MR) is 65.4 cm³/mol. The minimum Gasteiger partial charge on any atom is -0.497 e. The second kappa shape index (κ2) is 5.49. The first kappa shape index (κ1) is 11.7. The first-order chi connectivity index (χ1) is 7.17. The molecule has 1 rings (SSSR count). The number of hydrogen-bond acceptors (Lipinski definition) is 3. The van der Waals surface area contributed by atoms with Gasteiger partial charge in [-0.3, -0.25) is 0 Å². The fraction of sp³-hybridized carbons (Fsp3) is 0.500. The molecule has 0 bridgehead atoms. The van der Waals surface area contributed by atoms with Crippen molar-refractivity contribution in [2.24, 2.45) is 5.92 Å². The van der Waals surface area contributed by atoms with Crippen molar-refractivity contribution in [1.29, 1.82) is 0 Å². The van der Waals surface area contributed by atoms with Crippen LogP contribution in [0.15, 0.2) is 18.2 Å². The van der Waals surface area contributed by atoms with E-state index < -0.39 is 0 Å². The highest BCUT2D eigenvalue weighted by atomic mass is 16.5. The van der Waals surface area contributed by atoms with E-state index in [1.54, 1.807) is 7.11 Å². The highest BCUT2D eigenvalue weighted by molar-refractivity contribution is 5.68. The molecular weight excluding hydrogens is 188 g/mol. The second-order valence-electron chi connectivity index (χ2n) is 3.85. The average Bonchev–Trinajstić information content (AvgIpc) is 2.26. The molecule has 3 nitrogen and oxygen atoms in total. The van der Waals surface area contributed by atoms with E-state index in [9.17, 15) is 0 Å². The van der Waals surface area contributed by atoms with Crippen LogP contribution < -0.4 is 15.8 Å². The Morgan fingerprint density at radius 3 is 2.73 bits per heavy atom. The van der Waals surface area contributed by atoms with E-state index >= 15 is 0 Å². The minimum absolute atomic E-state index is 0.659. The van der Waals surface area contributed by atoms with Gasteiger partial charge in [0.25, 0.3) is 0 Å². The van der Waals surface area contributed by atoms with Crippen LogP contribution in [-0.4, -0.2) is 13.7 Å². The molecule has 0 spiro atoms. The van der Waals surface area contributed by atoms with E-state index in [0.29, 0.717) is 5.92 Å². The summed E-state index contributed by atoms with van der Waals surface area (Å²) in [4.78, 5) is 0. The summed E-state index contributed by atoms with van der Waals surface area (Å²) in [6, 6.07) is 5.70. The summed E-state index contributed by atoms with van der Waals surface area (Å²) in [6.45, 7) is 5.35. The number of hydrogen-bond donors (Lipinski definition) is 2. The maximum Gasteiger partial charge on any atom is 0.121 e. The molecule has 15 heavy (non-hydrogen) atoms. The minimum atomic E-state index is 0.659. The van der Waals surface area contributed by atoms with Crippen LogP contribution in [0.1, 0.15) is 20.3 Å². The zero-order valence-corrected chi connectivity index (χ0v) is 9.71. The maximum atomic E-state index is 5.88. The fourth-order valence-electron chi connectivity index (χ4n) is 1.26. The van der Waals surface area contributed by atoms with Gasteiger partial charge in [-0.2, -0.15) is 0 Å². The third-order valence-corrected chi connectivity index (χ3v) is 2.60. The third kappa shape index (κ3) is 3.35. The van der Waals surface area contributed by atoms with Crippen LogP contribution in [-0.2, 0) is 0 Å². The Morgan fingerprint density at radius 2 is 2.20 bits per heavy atom. The molecule has 0 amide bonds. The molecule has 0 heterocycles.